The number of aliphatic imine (C=N–C) groups is 1. The van der Waals surface area contributed by atoms with Gasteiger partial charge in [-0.1, -0.05) is 24.3 Å². The fourth-order valence-electron chi connectivity index (χ4n) is 5.49. The van der Waals surface area contributed by atoms with Crippen molar-refractivity contribution in [1.82, 2.24) is 5.43 Å². The molecule has 0 aliphatic rings. The van der Waals surface area contributed by atoms with Gasteiger partial charge in [0.25, 0.3) is 11.9 Å². The maximum absolute atomic E-state index is 12.6. The lowest BCUT2D eigenvalue weighted by Gasteiger charge is -2.16. The Morgan fingerprint density at radius 3 is 1.27 bits per heavy atom. The second-order valence-electron chi connectivity index (χ2n) is 13.5. The van der Waals surface area contributed by atoms with Gasteiger partial charge in [0, 0.05) is 85.7 Å². The average molecular weight is 928 g/mol. The topological polar surface area (TPSA) is 232 Å². The number of ketones is 1. The van der Waals surface area contributed by atoms with E-state index >= 15 is 0 Å². The van der Waals surface area contributed by atoms with Crippen molar-refractivity contribution in [2.75, 3.05) is 115 Å². The molecule has 4 aromatic carbocycles. The third-order valence-electron chi connectivity index (χ3n) is 8.62. The predicted octanol–water partition coefficient (Wildman–Crippen LogP) is 5.39. The van der Waals surface area contributed by atoms with Crippen molar-refractivity contribution >= 4 is 35.2 Å². The van der Waals surface area contributed by atoms with E-state index < -0.39 is 18.2 Å². The second kappa shape index (κ2) is 32.8. The first-order valence-electron chi connectivity index (χ1n) is 20.0. The number of ether oxygens (including phenoxy) is 9. The molecule has 0 radical (unpaired) electrons. The third-order valence-corrected chi connectivity index (χ3v) is 8.62. The van der Waals surface area contributed by atoms with Crippen molar-refractivity contribution in [2.45, 2.75) is 26.1 Å². The molecule has 19 heteroatoms. The number of aliphatic carboxylic acids is 1. The van der Waals surface area contributed by atoms with E-state index in [0.29, 0.717) is 40.2 Å². The molecule has 19 nitrogen and oxygen atoms in total. The van der Waals surface area contributed by atoms with Crippen LogP contribution < -0.4 is 54.2 Å². The quantitative estimate of drug-likeness (QED) is 0.0424. The van der Waals surface area contributed by atoms with Crippen LogP contribution in [0.25, 0.3) is 0 Å². The number of methoxy groups -OCH3 is 9. The van der Waals surface area contributed by atoms with E-state index in [1.165, 1.54) is 14.2 Å². The van der Waals surface area contributed by atoms with Crippen LogP contribution in [0, 0.1) is 0 Å². The number of carboxylic acid groups (broad SMARTS) is 1. The van der Waals surface area contributed by atoms with Gasteiger partial charge in [-0.2, -0.15) is 0 Å². The lowest BCUT2D eigenvalue weighted by Crippen LogP contribution is -2.35. The molecule has 2 unspecified atom stereocenters. The number of amides is 1. The normalized spacial score (nSPS) is 10.8. The highest BCUT2D eigenvalue weighted by Crippen LogP contribution is 2.41. The van der Waals surface area contributed by atoms with Gasteiger partial charge in [0.05, 0.1) is 49.8 Å². The Morgan fingerprint density at radius 1 is 0.636 bits per heavy atom. The number of carbonyl (C=O) groups excluding carboxylic acids is 2. The Bertz CT molecular complexity index is 1990. The van der Waals surface area contributed by atoms with Gasteiger partial charge in [-0.3, -0.25) is 24.8 Å². The Morgan fingerprint density at radius 2 is 0.985 bits per heavy atom. The summed E-state index contributed by atoms with van der Waals surface area (Å²) in [6.45, 7) is 3.00. The highest BCUT2D eigenvalue weighted by Gasteiger charge is 2.21. The SMILES string of the molecule is CC(=O)O.CCO.COC(C(=O)NN)c1ccc(N(C)C)cc1.COc1cc(C=NCC(=O)C(OC)c2ccc(N(C)C)cc2)cc(OC)c1OC.COc1cc(OC)c(OC)c(OC)c1. The Hall–Kier alpha value is -6.80. The molecule has 66 heavy (non-hydrogen) atoms. The van der Waals surface area contributed by atoms with Crippen LogP contribution in [0.5, 0.6) is 40.2 Å². The van der Waals surface area contributed by atoms with Crippen molar-refractivity contribution in [3.63, 3.8) is 0 Å². The van der Waals surface area contributed by atoms with Gasteiger partial charge in [0.15, 0.2) is 34.9 Å². The molecule has 0 heterocycles. The Balaban J connectivity index is 0.000000962. The molecule has 2 atom stereocenters. The maximum Gasteiger partial charge on any atom is 0.300 e. The van der Waals surface area contributed by atoms with Crippen LogP contribution in [0.4, 0.5) is 11.4 Å². The molecule has 4 rings (SSSR count). The lowest BCUT2D eigenvalue weighted by molar-refractivity contribution is -0.134. The molecule has 0 spiro atoms. The summed E-state index contributed by atoms with van der Waals surface area (Å²) in [6.07, 6.45) is 0.272. The summed E-state index contributed by atoms with van der Waals surface area (Å²) in [4.78, 5) is 41.3. The fourth-order valence-corrected chi connectivity index (χ4v) is 5.49. The molecule has 0 fully saturated rings. The van der Waals surface area contributed by atoms with Crippen molar-refractivity contribution in [3.8, 4) is 40.2 Å². The number of nitrogens with two attached hydrogens (primary N) is 1. The minimum Gasteiger partial charge on any atom is -0.496 e. The number of carboxylic acids is 1. The van der Waals surface area contributed by atoms with Gasteiger partial charge >= 0.3 is 0 Å². The summed E-state index contributed by atoms with van der Waals surface area (Å²) in [5, 5.41) is 15.0. The summed E-state index contributed by atoms with van der Waals surface area (Å²) in [6, 6.07) is 22.2. The van der Waals surface area contributed by atoms with E-state index in [4.69, 9.17) is 63.5 Å². The van der Waals surface area contributed by atoms with Crippen LogP contribution in [-0.4, -0.2) is 139 Å². The number of hydrogen-bond acceptors (Lipinski definition) is 17. The number of rotatable bonds is 18. The highest BCUT2D eigenvalue weighted by molar-refractivity contribution is 5.89. The third kappa shape index (κ3) is 19.9. The molecule has 0 aromatic heterocycles. The Labute approximate surface area is 388 Å². The standard InChI is InChI=1S/C22H28N2O5.C11H17N3O2.C10H14O4.C2H4O2.C2H6O/c1-24(2)17-9-7-16(8-10-17)21(28-5)18(25)14-23-13-15-11-19(26-3)22(29-6)20(12-15)27-4;1-14(2)9-6-4-8(5-7-9)10(16-3)11(15)13-12;1-11-7-5-8(12-2)10(14-4)9(6-7)13-3;1-2(3)4;1-2-3/h7-13,21H,14H2,1-6H3;4-7,10H,12H2,1-3H3,(H,13,15);5-6H,1-4H3;1H3,(H,3,4);3H,2H2,1H3. The summed E-state index contributed by atoms with van der Waals surface area (Å²) in [5.74, 6) is 7.71. The van der Waals surface area contributed by atoms with Crippen LogP contribution in [-0.2, 0) is 23.9 Å². The number of benzene rings is 4. The maximum atomic E-state index is 12.6. The van der Waals surface area contributed by atoms with Crippen molar-refractivity contribution in [2.24, 2.45) is 10.8 Å². The van der Waals surface area contributed by atoms with Crippen LogP contribution in [0.3, 0.4) is 0 Å². The lowest BCUT2D eigenvalue weighted by atomic mass is 10.0. The van der Waals surface area contributed by atoms with E-state index in [9.17, 15) is 9.59 Å². The molecule has 5 N–H and O–H groups in total. The zero-order valence-corrected chi connectivity index (χ0v) is 40.8. The van der Waals surface area contributed by atoms with E-state index in [1.54, 1.807) is 87.2 Å². The first-order chi connectivity index (χ1) is 31.4. The highest BCUT2D eigenvalue weighted by atomic mass is 16.5. The molecule has 0 bridgehead atoms. The smallest absolute Gasteiger partial charge is 0.300 e. The molecule has 1 amide bonds. The average Bonchev–Trinajstić information content (AvgIpc) is 3.31. The monoisotopic (exact) mass is 927 g/mol. The van der Waals surface area contributed by atoms with Gasteiger partial charge < -0.3 is 62.6 Å². The van der Waals surface area contributed by atoms with Crippen LogP contribution >= 0.6 is 0 Å². The van der Waals surface area contributed by atoms with Gasteiger partial charge in [-0.15, -0.1) is 0 Å². The number of nitrogens with one attached hydrogen (secondary N) is 1. The van der Waals surface area contributed by atoms with Crippen LogP contribution in [0.1, 0.15) is 42.7 Å². The first kappa shape index (κ1) is 59.2. The number of anilines is 2. The number of hydrogen-bond donors (Lipinski definition) is 4. The number of aliphatic hydroxyl groups is 1. The fraction of sp³-hybridized carbons (Fsp3) is 0.404. The summed E-state index contributed by atoms with van der Waals surface area (Å²) in [7, 11) is 21.7. The van der Waals surface area contributed by atoms with Gasteiger partial charge in [-0.05, 0) is 60.0 Å². The number of Topliss-reactive ketones (excluding diaryl/α,β-unsaturated/α-hetero) is 1. The number of hydrazine groups is 1. The molecule has 4 aromatic rings. The zero-order valence-electron chi connectivity index (χ0n) is 40.8. The van der Waals surface area contributed by atoms with Gasteiger partial charge in [0.1, 0.15) is 18.4 Å². The van der Waals surface area contributed by atoms with E-state index in [-0.39, 0.29) is 24.8 Å². The molecule has 0 saturated heterocycles. The minimum atomic E-state index is -0.833. The zero-order chi connectivity index (χ0) is 50.4. The Kier molecular flexibility index (Phi) is 29.4. The van der Waals surface area contributed by atoms with Crippen molar-refractivity contribution < 1.29 is 67.2 Å². The van der Waals surface area contributed by atoms with Crippen molar-refractivity contribution in [3.05, 3.63) is 89.5 Å². The van der Waals surface area contributed by atoms with E-state index in [1.807, 2.05) is 86.5 Å². The largest absolute Gasteiger partial charge is 0.496 e. The van der Waals surface area contributed by atoms with E-state index in [0.717, 1.165) is 35.0 Å². The van der Waals surface area contributed by atoms with Crippen LogP contribution in [0.2, 0.25) is 0 Å². The van der Waals surface area contributed by atoms with E-state index in [2.05, 4.69) is 10.4 Å². The summed E-state index contributed by atoms with van der Waals surface area (Å²) < 4.78 is 47.0. The first-order valence-corrected chi connectivity index (χ1v) is 20.0. The van der Waals surface area contributed by atoms with Gasteiger partial charge in [-0.25, -0.2) is 5.84 Å². The summed E-state index contributed by atoms with van der Waals surface area (Å²) >= 11 is 0. The number of aliphatic hydroxyl groups excluding tert-OH is 1. The molecular formula is C47H69N5O14. The predicted molar refractivity (Wildman–Crippen MR) is 256 cm³/mol. The minimum absolute atomic E-state index is 0.00933. The van der Waals surface area contributed by atoms with Crippen LogP contribution in [0.15, 0.2) is 77.8 Å². The number of nitrogens with zero attached hydrogens (tertiary/aromatic N) is 3. The molecule has 0 saturated carbocycles. The molecule has 0 aliphatic heterocycles. The molecular weight excluding hydrogens is 859 g/mol. The van der Waals surface area contributed by atoms with Gasteiger partial charge in [0.2, 0.25) is 11.5 Å². The summed E-state index contributed by atoms with van der Waals surface area (Å²) in [5.41, 5.74) is 6.50. The number of carbonyl (C=O) groups is 3. The second-order valence-corrected chi connectivity index (χ2v) is 13.5. The van der Waals surface area contributed by atoms with Crippen molar-refractivity contribution in [1.29, 1.82) is 0 Å². The molecule has 366 valence electrons. The molecule has 0 aliphatic carbocycles.